The first-order chi connectivity index (χ1) is 8.72. The first-order valence-corrected chi connectivity index (χ1v) is 6.18. The first-order valence-electron chi connectivity index (χ1n) is 6.18. The van der Waals surface area contributed by atoms with Gasteiger partial charge in [0, 0.05) is 13.2 Å². The van der Waals surface area contributed by atoms with Crippen LogP contribution in [0, 0.1) is 5.92 Å². The van der Waals surface area contributed by atoms with E-state index in [0.29, 0.717) is 26.3 Å². The Morgan fingerprint density at radius 1 is 1.44 bits per heavy atom. The van der Waals surface area contributed by atoms with Crippen LogP contribution in [0.1, 0.15) is 12.8 Å². The molecule has 2 aliphatic rings. The van der Waals surface area contributed by atoms with E-state index in [1.54, 1.807) is 4.90 Å². The number of amides is 1. The third kappa shape index (κ3) is 2.91. The van der Waals surface area contributed by atoms with Crippen molar-refractivity contribution in [1.29, 1.82) is 0 Å². The molecule has 0 bridgehead atoms. The second kappa shape index (κ2) is 6.01. The number of amidine groups is 1. The highest BCUT2D eigenvalue weighted by molar-refractivity contribution is 5.86. The maximum absolute atomic E-state index is 12.3. The summed E-state index contributed by atoms with van der Waals surface area (Å²) in [6.45, 7) is 2.51. The van der Waals surface area contributed by atoms with E-state index in [9.17, 15) is 4.79 Å². The number of morpholine rings is 1. The largest absolute Gasteiger partial charge is 0.409 e. The summed E-state index contributed by atoms with van der Waals surface area (Å²) in [6.07, 6.45) is 1.27. The predicted octanol–water partition coefficient (Wildman–Crippen LogP) is -0.613. The monoisotopic (exact) mass is 257 g/mol. The molecule has 0 aromatic carbocycles. The van der Waals surface area contributed by atoms with E-state index in [4.69, 9.17) is 20.4 Å². The van der Waals surface area contributed by atoms with Crippen LogP contribution in [0.25, 0.3) is 0 Å². The van der Waals surface area contributed by atoms with Gasteiger partial charge in [0.05, 0.1) is 25.7 Å². The van der Waals surface area contributed by atoms with E-state index in [0.717, 1.165) is 19.4 Å². The molecule has 2 atom stereocenters. The number of hydrogen-bond acceptors (Lipinski definition) is 5. The molecule has 0 radical (unpaired) electrons. The number of nitrogens with zero attached hydrogens (tertiary/aromatic N) is 2. The summed E-state index contributed by atoms with van der Waals surface area (Å²) in [4.78, 5) is 14.0. The van der Waals surface area contributed by atoms with Crippen LogP contribution in [0.15, 0.2) is 5.16 Å². The summed E-state index contributed by atoms with van der Waals surface area (Å²) in [7, 11) is 0. The average molecular weight is 257 g/mol. The van der Waals surface area contributed by atoms with E-state index in [-0.39, 0.29) is 17.7 Å². The van der Waals surface area contributed by atoms with Gasteiger partial charge in [-0.3, -0.25) is 4.79 Å². The van der Waals surface area contributed by atoms with Crippen LogP contribution in [-0.4, -0.2) is 60.9 Å². The number of carbonyl (C=O) groups is 1. The zero-order valence-corrected chi connectivity index (χ0v) is 10.2. The maximum Gasteiger partial charge on any atom is 0.228 e. The van der Waals surface area contributed by atoms with Gasteiger partial charge in [0.25, 0.3) is 0 Å². The molecule has 2 unspecified atom stereocenters. The molecule has 2 saturated heterocycles. The van der Waals surface area contributed by atoms with Gasteiger partial charge in [-0.25, -0.2) is 0 Å². The van der Waals surface area contributed by atoms with Crippen molar-refractivity contribution in [3.8, 4) is 0 Å². The highest BCUT2D eigenvalue weighted by atomic mass is 16.5. The van der Waals surface area contributed by atoms with Gasteiger partial charge in [0.1, 0.15) is 6.10 Å². The molecule has 2 fully saturated rings. The molecule has 0 aromatic rings. The summed E-state index contributed by atoms with van der Waals surface area (Å²) >= 11 is 0. The Kier molecular flexibility index (Phi) is 4.38. The van der Waals surface area contributed by atoms with Crippen LogP contribution in [-0.2, 0) is 14.3 Å². The van der Waals surface area contributed by atoms with Gasteiger partial charge in [0.2, 0.25) is 5.91 Å². The number of nitrogens with two attached hydrogens (primary N) is 1. The molecule has 7 heteroatoms. The van der Waals surface area contributed by atoms with Gasteiger partial charge in [-0.2, -0.15) is 0 Å². The van der Waals surface area contributed by atoms with Crippen molar-refractivity contribution in [1.82, 2.24) is 4.90 Å². The minimum Gasteiger partial charge on any atom is -0.409 e. The fraction of sp³-hybridized carbons (Fsp3) is 0.818. The van der Waals surface area contributed by atoms with E-state index in [1.165, 1.54) is 0 Å². The lowest BCUT2D eigenvalue weighted by Crippen LogP contribution is -2.52. The smallest absolute Gasteiger partial charge is 0.228 e. The van der Waals surface area contributed by atoms with Crippen molar-refractivity contribution in [3.63, 3.8) is 0 Å². The zero-order chi connectivity index (χ0) is 13.0. The number of oxime groups is 1. The van der Waals surface area contributed by atoms with Crippen LogP contribution in [0.5, 0.6) is 0 Å². The van der Waals surface area contributed by atoms with Crippen LogP contribution >= 0.6 is 0 Å². The van der Waals surface area contributed by atoms with Crippen molar-refractivity contribution >= 4 is 11.7 Å². The van der Waals surface area contributed by atoms with Gasteiger partial charge in [-0.05, 0) is 12.8 Å². The molecule has 2 rings (SSSR count). The highest BCUT2D eigenvalue weighted by Gasteiger charge is 2.31. The second-order valence-electron chi connectivity index (χ2n) is 4.58. The minimum absolute atomic E-state index is 0.00685. The van der Waals surface area contributed by atoms with Crippen LogP contribution in [0.4, 0.5) is 0 Å². The van der Waals surface area contributed by atoms with Crippen LogP contribution in [0.3, 0.4) is 0 Å². The van der Waals surface area contributed by atoms with Crippen LogP contribution < -0.4 is 5.73 Å². The second-order valence-corrected chi connectivity index (χ2v) is 4.58. The minimum atomic E-state index is -0.516. The Bertz CT molecular complexity index is 328. The number of rotatable bonds is 2. The topological polar surface area (TPSA) is 97.4 Å². The third-order valence-corrected chi connectivity index (χ3v) is 3.33. The normalized spacial score (nSPS) is 30.2. The first kappa shape index (κ1) is 13.1. The fourth-order valence-electron chi connectivity index (χ4n) is 2.29. The quantitative estimate of drug-likeness (QED) is 0.297. The highest BCUT2D eigenvalue weighted by Crippen LogP contribution is 2.18. The molecular formula is C11H19N3O4. The van der Waals surface area contributed by atoms with Gasteiger partial charge >= 0.3 is 0 Å². The summed E-state index contributed by atoms with van der Waals surface area (Å²) < 4.78 is 10.7. The molecule has 0 spiro atoms. The molecule has 2 heterocycles. The molecule has 102 valence electrons. The predicted molar refractivity (Wildman–Crippen MR) is 63.3 cm³/mol. The summed E-state index contributed by atoms with van der Waals surface area (Å²) in [6, 6.07) is 0. The molecule has 18 heavy (non-hydrogen) atoms. The van der Waals surface area contributed by atoms with E-state index >= 15 is 0 Å². The Balaban J connectivity index is 1.93. The van der Waals surface area contributed by atoms with Crippen molar-refractivity contribution in [2.45, 2.75) is 18.9 Å². The Hall–Kier alpha value is -1.34. The van der Waals surface area contributed by atoms with Crippen molar-refractivity contribution < 1.29 is 19.5 Å². The van der Waals surface area contributed by atoms with Crippen LogP contribution in [0.2, 0.25) is 0 Å². The van der Waals surface area contributed by atoms with Gasteiger partial charge in [0.15, 0.2) is 5.84 Å². The Morgan fingerprint density at radius 3 is 2.94 bits per heavy atom. The van der Waals surface area contributed by atoms with Crippen molar-refractivity contribution in [3.05, 3.63) is 0 Å². The Morgan fingerprint density at radius 2 is 2.28 bits per heavy atom. The Labute approximate surface area is 106 Å². The fourth-order valence-corrected chi connectivity index (χ4v) is 2.29. The molecule has 3 N–H and O–H groups in total. The molecule has 0 aliphatic carbocycles. The molecule has 1 amide bonds. The van der Waals surface area contributed by atoms with Gasteiger partial charge in [-0.15, -0.1) is 0 Å². The van der Waals surface area contributed by atoms with Gasteiger partial charge < -0.3 is 25.3 Å². The summed E-state index contributed by atoms with van der Waals surface area (Å²) in [5.41, 5.74) is 5.50. The van der Waals surface area contributed by atoms with E-state index in [1.807, 2.05) is 0 Å². The average Bonchev–Trinajstić information content (AvgIpc) is 2.46. The lowest BCUT2D eigenvalue weighted by Gasteiger charge is -2.35. The van der Waals surface area contributed by atoms with Crippen molar-refractivity contribution in [2.24, 2.45) is 16.8 Å². The summed E-state index contributed by atoms with van der Waals surface area (Å²) in [5, 5.41) is 11.5. The number of ether oxygens (including phenoxy) is 2. The lowest BCUT2D eigenvalue weighted by atomic mass is 10.00. The number of carbonyl (C=O) groups excluding carboxylic acids is 1. The molecule has 7 nitrogen and oxygen atoms in total. The molecule has 0 saturated carbocycles. The zero-order valence-electron chi connectivity index (χ0n) is 10.2. The molecule has 0 aromatic heterocycles. The summed E-state index contributed by atoms with van der Waals surface area (Å²) in [5.74, 6) is 0.0194. The van der Waals surface area contributed by atoms with E-state index in [2.05, 4.69) is 5.16 Å². The number of hydrogen-bond donors (Lipinski definition) is 2. The molecular weight excluding hydrogens is 238 g/mol. The van der Waals surface area contributed by atoms with Gasteiger partial charge in [-0.1, -0.05) is 5.16 Å². The standard InChI is InChI=1S/C11H19N3O4/c12-10(13-16)9-6-14(3-5-18-9)11(15)8-2-1-4-17-7-8/h8-9,16H,1-7H2,(H2,12,13). The third-order valence-electron chi connectivity index (χ3n) is 3.33. The lowest BCUT2D eigenvalue weighted by molar-refractivity contribution is -0.145. The SMILES string of the molecule is NC(=NO)C1CN(C(=O)C2CCCOC2)CCO1. The van der Waals surface area contributed by atoms with E-state index < -0.39 is 6.10 Å². The molecule has 2 aliphatic heterocycles. The van der Waals surface area contributed by atoms with Crippen molar-refractivity contribution in [2.75, 3.05) is 32.9 Å². The maximum atomic E-state index is 12.3.